The van der Waals surface area contributed by atoms with Gasteiger partial charge in [0.1, 0.15) is 0 Å². The molecule has 0 N–H and O–H groups in total. The summed E-state index contributed by atoms with van der Waals surface area (Å²) in [5.41, 5.74) is 0.324. The molecule has 0 aliphatic carbocycles. The Balaban J connectivity index is 2.11. The van der Waals surface area contributed by atoms with Gasteiger partial charge < -0.3 is 0 Å². The van der Waals surface area contributed by atoms with Crippen molar-refractivity contribution in [3.8, 4) is 0 Å². The third-order valence-electron chi connectivity index (χ3n) is 4.05. The maximum absolute atomic E-state index is 12.7. The number of aryl methyl sites for hydroxylation is 1. The number of aromatic nitrogens is 2. The fourth-order valence-corrected chi connectivity index (χ4v) is 2.78. The zero-order chi connectivity index (χ0) is 13.9. The fourth-order valence-electron chi connectivity index (χ4n) is 2.78. The van der Waals surface area contributed by atoms with Gasteiger partial charge in [-0.05, 0) is 46.2 Å². The van der Waals surface area contributed by atoms with Crippen LogP contribution < -0.4 is 0 Å². The Morgan fingerprint density at radius 2 is 2.00 bits per heavy atom. The van der Waals surface area contributed by atoms with Crippen molar-refractivity contribution in [2.45, 2.75) is 58.5 Å². The van der Waals surface area contributed by atoms with Crippen molar-refractivity contribution in [1.29, 1.82) is 0 Å². The molecule has 4 nitrogen and oxygen atoms in total. The number of Topliss-reactive ketones (excluding diaryl/α,β-unsaturated/α-hetero) is 1. The summed E-state index contributed by atoms with van der Waals surface area (Å²) in [5.74, 6) is 0.191. The van der Waals surface area contributed by atoms with Crippen molar-refractivity contribution < 1.29 is 4.79 Å². The highest BCUT2D eigenvalue weighted by molar-refractivity contribution is 6.02. The Kier molecular flexibility index (Phi) is 4.40. The average Bonchev–Trinajstić information content (AvgIpc) is 2.88. The van der Waals surface area contributed by atoms with Gasteiger partial charge >= 0.3 is 0 Å². The van der Waals surface area contributed by atoms with Gasteiger partial charge in [0, 0.05) is 12.7 Å². The van der Waals surface area contributed by atoms with Crippen LogP contribution in [0.2, 0.25) is 0 Å². The van der Waals surface area contributed by atoms with Crippen LogP contribution in [0.15, 0.2) is 12.4 Å². The number of likely N-dealkylation sites (tertiary alicyclic amines) is 1. The van der Waals surface area contributed by atoms with Crippen LogP contribution >= 0.6 is 0 Å². The second-order valence-corrected chi connectivity index (χ2v) is 5.93. The van der Waals surface area contributed by atoms with Gasteiger partial charge in [0.15, 0.2) is 5.78 Å². The van der Waals surface area contributed by atoms with Gasteiger partial charge in [0.2, 0.25) is 0 Å². The highest BCUT2D eigenvalue weighted by Gasteiger charge is 2.36. The van der Waals surface area contributed by atoms with Crippen molar-refractivity contribution in [2.75, 3.05) is 13.1 Å². The van der Waals surface area contributed by atoms with Crippen molar-refractivity contribution in [3.05, 3.63) is 18.0 Å². The second kappa shape index (κ2) is 5.87. The van der Waals surface area contributed by atoms with Crippen LogP contribution in [0.3, 0.4) is 0 Å². The first kappa shape index (κ1) is 14.3. The molecule has 19 heavy (non-hydrogen) atoms. The minimum absolute atomic E-state index is 0.191. The molecule has 0 unspecified atom stereocenters. The smallest absolute Gasteiger partial charge is 0.185 e. The van der Waals surface area contributed by atoms with E-state index in [1.165, 1.54) is 19.3 Å². The predicted molar refractivity (Wildman–Crippen MR) is 76.4 cm³/mol. The van der Waals surface area contributed by atoms with Gasteiger partial charge in [-0.3, -0.25) is 14.4 Å². The lowest BCUT2D eigenvalue weighted by Crippen LogP contribution is -2.52. The topological polar surface area (TPSA) is 38.1 Å². The molecular formula is C15H25N3O. The van der Waals surface area contributed by atoms with E-state index in [2.05, 4.69) is 16.9 Å². The largest absolute Gasteiger partial charge is 0.292 e. The molecule has 0 radical (unpaired) electrons. The molecule has 0 bridgehead atoms. The average molecular weight is 263 g/mol. The molecule has 1 aliphatic heterocycles. The Morgan fingerprint density at radius 3 is 2.63 bits per heavy atom. The first-order valence-corrected chi connectivity index (χ1v) is 7.38. The molecular weight excluding hydrogens is 238 g/mol. The van der Waals surface area contributed by atoms with Crippen LogP contribution in [-0.4, -0.2) is 39.1 Å². The zero-order valence-electron chi connectivity index (χ0n) is 12.4. The summed E-state index contributed by atoms with van der Waals surface area (Å²) >= 11 is 0. The van der Waals surface area contributed by atoms with Crippen molar-refractivity contribution in [1.82, 2.24) is 14.7 Å². The molecule has 1 saturated heterocycles. The first-order chi connectivity index (χ1) is 9.05. The molecule has 0 saturated carbocycles. The lowest BCUT2D eigenvalue weighted by atomic mass is 9.91. The Hall–Kier alpha value is -1.16. The second-order valence-electron chi connectivity index (χ2n) is 5.93. The summed E-state index contributed by atoms with van der Waals surface area (Å²) in [6.45, 7) is 9.12. The number of carbonyl (C=O) groups is 1. The van der Waals surface area contributed by atoms with E-state index < -0.39 is 5.54 Å². The SMILES string of the molecule is CCCn1cc(C(=O)C(C)(C)N2CCCCC2)cn1. The lowest BCUT2D eigenvalue weighted by Gasteiger charge is -2.39. The van der Waals surface area contributed by atoms with Crippen LogP contribution in [0.25, 0.3) is 0 Å². The quantitative estimate of drug-likeness (QED) is 0.767. The van der Waals surface area contributed by atoms with Crippen LogP contribution in [0, 0.1) is 0 Å². The maximum Gasteiger partial charge on any atom is 0.185 e. The number of hydrogen-bond donors (Lipinski definition) is 0. The molecule has 0 atom stereocenters. The van der Waals surface area contributed by atoms with E-state index in [4.69, 9.17) is 0 Å². The summed E-state index contributed by atoms with van der Waals surface area (Å²) in [7, 11) is 0. The Labute approximate surface area is 115 Å². The molecule has 1 fully saturated rings. The minimum atomic E-state index is -0.416. The minimum Gasteiger partial charge on any atom is -0.292 e. The summed E-state index contributed by atoms with van der Waals surface area (Å²) in [4.78, 5) is 15.0. The monoisotopic (exact) mass is 263 g/mol. The van der Waals surface area contributed by atoms with Crippen molar-refractivity contribution in [2.24, 2.45) is 0 Å². The van der Waals surface area contributed by atoms with Crippen LogP contribution in [0.4, 0.5) is 0 Å². The van der Waals surface area contributed by atoms with Gasteiger partial charge in [0.05, 0.1) is 17.3 Å². The molecule has 2 rings (SSSR count). The standard InChI is InChI=1S/C15H25N3O/c1-4-8-18-12-13(11-16-18)14(19)15(2,3)17-9-6-5-7-10-17/h11-12H,4-10H2,1-3H3. The molecule has 106 valence electrons. The van der Waals surface area contributed by atoms with Crippen molar-refractivity contribution in [3.63, 3.8) is 0 Å². The van der Waals surface area contributed by atoms with E-state index in [1.54, 1.807) is 6.20 Å². The lowest BCUT2D eigenvalue weighted by molar-refractivity contribution is 0.0579. The number of rotatable bonds is 5. The van der Waals surface area contributed by atoms with Crippen LogP contribution in [-0.2, 0) is 6.54 Å². The van der Waals surface area contributed by atoms with Crippen LogP contribution in [0.5, 0.6) is 0 Å². The molecule has 0 aromatic carbocycles. The van der Waals surface area contributed by atoms with Gasteiger partial charge in [0.25, 0.3) is 0 Å². The third-order valence-corrected chi connectivity index (χ3v) is 4.05. The normalized spacial score (nSPS) is 17.6. The number of hydrogen-bond acceptors (Lipinski definition) is 3. The van der Waals surface area contributed by atoms with E-state index >= 15 is 0 Å². The Bertz CT molecular complexity index is 430. The summed E-state index contributed by atoms with van der Waals surface area (Å²) < 4.78 is 1.86. The third kappa shape index (κ3) is 3.06. The maximum atomic E-state index is 12.7. The van der Waals surface area contributed by atoms with Crippen molar-refractivity contribution >= 4 is 5.78 Å². The zero-order valence-corrected chi connectivity index (χ0v) is 12.4. The van der Waals surface area contributed by atoms with E-state index in [0.29, 0.717) is 0 Å². The summed E-state index contributed by atoms with van der Waals surface area (Å²) in [6, 6.07) is 0. The fraction of sp³-hybridized carbons (Fsp3) is 0.733. The molecule has 1 aliphatic rings. The number of carbonyl (C=O) groups excluding carboxylic acids is 1. The van der Waals surface area contributed by atoms with E-state index in [0.717, 1.165) is 31.6 Å². The van der Waals surface area contributed by atoms with E-state index in [9.17, 15) is 4.79 Å². The number of nitrogens with zero attached hydrogens (tertiary/aromatic N) is 3. The first-order valence-electron chi connectivity index (χ1n) is 7.38. The number of ketones is 1. The van der Waals surface area contributed by atoms with Gasteiger partial charge in [-0.1, -0.05) is 13.3 Å². The van der Waals surface area contributed by atoms with E-state index in [1.807, 2.05) is 24.7 Å². The Morgan fingerprint density at radius 1 is 1.32 bits per heavy atom. The highest BCUT2D eigenvalue weighted by Crippen LogP contribution is 2.24. The summed E-state index contributed by atoms with van der Waals surface area (Å²) in [6.07, 6.45) is 8.32. The molecule has 1 aromatic heterocycles. The highest BCUT2D eigenvalue weighted by atomic mass is 16.1. The van der Waals surface area contributed by atoms with Gasteiger partial charge in [-0.15, -0.1) is 0 Å². The molecule has 4 heteroatoms. The predicted octanol–water partition coefficient (Wildman–Crippen LogP) is 2.74. The van der Waals surface area contributed by atoms with E-state index in [-0.39, 0.29) is 5.78 Å². The molecule has 2 heterocycles. The molecule has 0 amide bonds. The number of piperidine rings is 1. The molecule has 0 spiro atoms. The van der Waals surface area contributed by atoms with Gasteiger partial charge in [-0.25, -0.2) is 0 Å². The summed E-state index contributed by atoms with van der Waals surface area (Å²) in [5, 5.41) is 4.26. The van der Waals surface area contributed by atoms with Gasteiger partial charge in [-0.2, -0.15) is 5.10 Å². The van der Waals surface area contributed by atoms with Crippen LogP contribution in [0.1, 0.15) is 56.8 Å². The molecule has 1 aromatic rings.